The zero-order valence-electron chi connectivity index (χ0n) is 13.4. The van der Waals surface area contributed by atoms with Crippen molar-refractivity contribution in [2.24, 2.45) is 0 Å². The van der Waals surface area contributed by atoms with Gasteiger partial charge in [0.15, 0.2) is 0 Å². The van der Waals surface area contributed by atoms with Gasteiger partial charge in [-0.1, -0.05) is 19.0 Å². The first-order valence-corrected chi connectivity index (χ1v) is 17.4. The Balaban J connectivity index is 0.000000427. The zero-order chi connectivity index (χ0) is 16.8. The first kappa shape index (κ1) is 22.3. The van der Waals surface area contributed by atoms with E-state index in [1.54, 1.807) is 38.7 Å². The quantitative estimate of drug-likeness (QED) is 0.618. The van der Waals surface area contributed by atoms with Gasteiger partial charge in [0.05, 0.1) is 12.1 Å². The number of methoxy groups -OCH3 is 2. The molecule has 0 radical (unpaired) electrons. The number of pyridine rings is 2. The fourth-order valence-corrected chi connectivity index (χ4v) is 7.52. The molecule has 7 heteroatoms. The summed E-state index contributed by atoms with van der Waals surface area (Å²) in [6.45, 7) is 0. The molecule has 0 N–H and O–H groups in total. The van der Waals surface area contributed by atoms with Crippen LogP contribution in [0, 0.1) is 0 Å². The molecule has 0 aliphatic rings. The second-order valence-corrected chi connectivity index (χ2v) is 20.7. The summed E-state index contributed by atoms with van der Waals surface area (Å²) < 4.78 is 11.1. The van der Waals surface area contributed by atoms with Crippen LogP contribution in [-0.2, 0) is 0 Å². The van der Waals surface area contributed by atoms with Crippen LogP contribution < -0.4 is 13.1 Å². The molecule has 0 amide bonds. The Labute approximate surface area is 153 Å². The third kappa shape index (κ3) is 7.59. The van der Waals surface area contributed by atoms with Crippen molar-refractivity contribution in [1.29, 1.82) is 0 Å². The van der Waals surface area contributed by atoms with E-state index in [2.05, 4.69) is 24.8 Å². The summed E-state index contributed by atoms with van der Waals surface area (Å²) in [5, 5.41) is 1.40. The van der Waals surface area contributed by atoms with Crippen LogP contribution in [0.15, 0.2) is 30.6 Å². The molecule has 2 rings (SSSR count). The number of hydrogen-bond acceptors (Lipinski definition) is 4. The van der Waals surface area contributed by atoms with Gasteiger partial charge in [0.2, 0.25) is 5.88 Å². The molecule has 2 heterocycles. The van der Waals surface area contributed by atoms with E-state index in [0.717, 1.165) is 5.02 Å². The van der Waals surface area contributed by atoms with Gasteiger partial charge >= 0.3 is 88.4 Å². The van der Waals surface area contributed by atoms with Crippen molar-refractivity contribution < 1.29 is 9.47 Å². The van der Waals surface area contributed by atoms with Crippen LogP contribution in [0.2, 0.25) is 24.9 Å². The van der Waals surface area contributed by atoms with Crippen molar-refractivity contribution in [1.82, 2.24) is 9.97 Å². The van der Waals surface area contributed by atoms with E-state index < -0.39 is 18.4 Å². The minimum absolute atomic E-state index is 0. The van der Waals surface area contributed by atoms with Crippen LogP contribution in [-0.4, -0.2) is 42.6 Å². The number of aromatic nitrogens is 2. The summed E-state index contributed by atoms with van der Waals surface area (Å²) in [5.41, 5.74) is 0. The molecule has 128 valence electrons. The molecule has 0 unspecified atom stereocenters. The van der Waals surface area contributed by atoms with Crippen molar-refractivity contribution in [2.75, 3.05) is 14.2 Å². The van der Waals surface area contributed by atoms with E-state index in [4.69, 9.17) is 32.7 Å². The van der Waals surface area contributed by atoms with Crippen molar-refractivity contribution in [3.63, 3.8) is 0 Å². The number of ether oxygens (including phenoxy) is 2. The molecule has 0 bridgehead atoms. The van der Waals surface area contributed by atoms with Crippen LogP contribution in [0.3, 0.4) is 0 Å². The fraction of sp³-hybridized carbons (Fsp3) is 0.375. The van der Waals surface area contributed by atoms with Gasteiger partial charge in [-0.15, -0.1) is 0 Å². The summed E-state index contributed by atoms with van der Waals surface area (Å²) in [5.74, 6) is 1.24. The Bertz CT molecular complexity index is 602. The van der Waals surface area contributed by atoms with Gasteiger partial charge in [0, 0.05) is 12.3 Å². The van der Waals surface area contributed by atoms with Gasteiger partial charge in [-0.05, 0) is 6.07 Å². The van der Waals surface area contributed by atoms with Gasteiger partial charge in [0.1, 0.15) is 0 Å². The molecule has 0 atom stereocenters. The summed E-state index contributed by atoms with van der Waals surface area (Å²) in [4.78, 5) is 14.8. The van der Waals surface area contributed by atoms with E-state index in [0.29, 0.717) is 16.8 Å². The molecular formula is C16H24Cl2N2O2Sn. The second kappa shape index (κ2) is 10.2. The van der Waals surface area contributed by atoms with Gasteiger partial charge in [0.25, 0.3) is 0 Å². The van der Waals surface area contributed by atoms with E-state index in [1.165, 1.54) is 3.58 Å². The molecule has 4 nitrogen and oxygen atoms in total. The maximum Gasteiger partial charge on any atom is 0.212 e. The van der Waals surface area contributed by atoms with Gasteiger partial charge in [-0.25, -0.2) is 4.98 Å². The first-order valence-electron chi connectivity index (χ1n) is 6.63. The van der Waals surface area contributed by atoms with Crippen LogP contribution in [0.5, 0.6) is 11.8 Å². The smallest absolute Gasteiger partial charge is 0.212 e. The fourth-order valence-electron chi connectivity index (χ4n) is 1.59. The normalized spacial score (nSPS) is 10.0. The number of nitrogens with zero attached hydrogens (tertiary/aromatic N) is 2. The second-order valence-electron chi connectivity index (χ2n) is 5.48. The zero-order valence-corrected chi connectivity index (χ0v) is 17.7. The largest absolute Gasteiger partial charge is 0.481 e. The minimum atomic E-state index is -2.09. The average Bonchev–Trinajstić information content (AvgIpc) is 2.48. The van der Waals surface area contributed by atoms with Gasteiger partial charge in [-0.2, -0.15) is 0 Å². The predicted molar refractivity (Wildman–Crippen MR) is 101 cm³/mol. The third-order valence-corrected chi connectivity index (χ3v) is 9.53. The molecule has 0 saturated heterocycles. The van der Waals surface area contributed by atoms with Crippen molar-refractivity contribution >= 4 is 45.2 Å². The molecular weight excluding hydrogens is 442 g/mol. The number of hydrogen-bond donors (Lipinski definition) is 0. The Hall–Kier alpha value is -0.721. The van der Waals surface area contributed by atoms with Crippen molar-refractivity contribution in [3.8, 4) is 11.8 Å². The molecule has 23 heavy (non-hydrogen) atoms. The molecule has 0 spiro atoms. The summed E-state index contributed by atoms with van der Waals surface area (Å²) in [7, 11) is 3.19. The van der Waals surface area contributed by atoms with Crippen LogP contribution in [0.4, 0.5) is 0 Å². The van der Waals surface area contributed by atoms with Crippen molar-refractivity contribution in [3.05, 3.63) is 40.6 Å². The maximum absolute atomic E-state index is 6.07. The molecule has 2 aromatic heterocycles. The van der Waals surface area contributed by atoms with E-state index in [1.807, 2.05) is 6.07 Å². The van der Waals surface area contributed by atoms with E-state index in [-0.39, 0.29) is 7.43 Å². The Morgan fingerprint density at radius 1 is 0.913 bits per heavy atom. The average molecular weight is 466 g/mol. The van der Waals surface area contributed by atoms with Crippen LogP contribution in [0.1, 0.15) is 7.43 Å². The Kier molecular flexibility index (Phi) is 9.89. The van der Waals surface area contributed by atoms with E-state index in [9.17, 15) is 0 Å². The Morgan fingerprint density at radius 2 is 1.48 bits per heavy atom. The molecule has 0 aliphatic heterocycles. The van der Waals surface area contributed by atoms with Crippen LogP contribution >= 0.6 is 23.2 Å². The van der Waals surface area contributed by atoms with Gasteiger partial charge < -0.3 is 4.74 Å². The standard InChI is InChI=1S/C6H6ClNO.C6H5ClNO.CH4.3CH3.Sn/c2*1-9-6-3-2-5(7)4-8-6;;;;;/h2-4H,1H3;3-4H,1H3;1H4;3*1H3;. The molecule has 0 aliphatic carbocycles. The SMILES string of the molecule is C.COc1c[c]([Sn]([CH3])([CH3])[CH3])c(Cl)cn1.COc1ccc(Cl)cn1. The maximum atomic E-state index is 6.07. The summed E-state index contributed by atoms with van der Waals surface area (Å²) >= 11 is 9.53. The Morgan fingerprint density at radius 3 is 1.91 bits per heavy atom. The van der Waals surface area contributed by atoms with E-state index >= 15 is 0 Å². The number of rotatable bonds is 3. The minimum Gasteiger partial charge on any atom is -0.481 e. The molecule has 0 fully saturated rings. The molecule has 0 saturated carbocycles. The van der Waals surface area contributed by atoms with Crippen molar-refractivity contribution in [2.45, 2.75) is 22.2 Å². The third-order valence-electron chi connectivity index (χ3n) is 2.76. The first-order chi connectivity index (χ1) is 10.3. The summed E-state index contributed by atoms with van der Waals surface area (Å²) in [6.07, 6.45) is 3.22. The summed E-state index contributed by atoms with van der Waals surface area (Å²) in [6, 6.07) is 5.41. The topological polar surface area (TPSA) is 44.2 Å². The molecule has 0 aromatic carbocycles. The molecule has 2 aromatic rings. The van der Waals surface area contributed by atoms with Crippen LogP contribution in [0.25, 0.3) is 0 Å². The predicted octanol–water partition coefficient (Wildman–Crippen LogP) is 4.67. The monoisotopic (exact) mass is 466 g/mol. The van der Waals surface area contributed by atoms with Gasteiger partial charge in [-0.3, -0.25) is 0 Å². The number of halogens is 2.